The molecule has 0 spiro atoms. The zero-order chi connectivity index (χ0) is 15.3. The molecule has 0 radical (unpaired) electrons. The molecule has 0 fully saturated rings. The van der Waals surface area contributed by atoms with E-state index in [0.717, 1.165) is 24.5 Å². The number of rotatable bonds is 5. The molecular formula is C19H25NO. The average molecular weight is 283 g/mol. The van der Waals surface area contributed by atoms with Crippen LogP contribution in [0.4, 0.5) is 0 Å². The molecule has 2 nitrogen and oxygen atoms in total. The average Bonchev–Trinajstić information content (AvgIpc) is 2.46. The van der Waals surface area contributed by atoms with Crippen LogP contribution in [0.2, 0.25) is 0 Å². The molecule has 0 aliphatic carbocycles. The molecule has 2 aromatic carbocycles. The highest BCUT2D eigenvalue weighted by Gasteiger charge is 2.08. The Morgan fingerprint density at radius 1 is 0.952 bits per heavy atom. The minimum absolute atomic E-state index is 0.134. The van der Waals surface area contributed by atoms with Gasteiger partial charge >= 0.3 is 0 Å². The third-order valence-electron chi connectivity index (χ3n) is 3.33. The molecule has 2 heteroatoms. The summed E-state index contributed by atoms with van der Waals surface area (Å²) in [5.41, 5.74) is 2.63. The summed E-state index contributed by atoms with van der Waals surface area (Å²) in [6.07, 6.45) is 0.976. The lowest BCUT2D eigenvalue weighted by molar-refractivity contribution is 0.424. The fourth-order valence-electron chi connectivity index (χ4n) is 2.07. The Morgan fingerprint density at radius 2 is 1.62 bits per heavy atom. The number of hydrogen-bond acceptors (Lipinski definition) is 2. The van der Waals surface area contributed by atoms with Crippen molar-refractivity contribution in [2.45, 2.75) is 46.2 Å². The first-order valence-electron chi connectivity index (χ1n) is 7.57. The van der Waals surface area contributed by atoms with E-state index in [-0.39, 0.29) is 5.54 Å². The van der Waals surface area contributed by atoms with Crippen molar-refractivity contribution in [1.29, 1.82) is 0 Å². The number of para-hydroxylation sites is 1. The third kappa shape index (κ3) is 4.91. The van der Waals surface area contributed by atoms with Crippen molar-refractivity contribution < 1.29 is 4.74 Å². The van der Waals surface area contributed by atoms with E-state index in [4.69, 9.17) is 4.74 Å². The van der Waals surface area contributed by atoms with E-state index in [1.807, 2.05) is 30.3 Å². The van der Waals surface area contributed by atoms with Gasteiger partial charge in [0.2, 0.25) is 0 Å². The maximum absolute atomic E-state index is 5.98. The van der Waals surface area contributed by atoms with Gasteiger partial charge < -0.3 is 10.1 Å². The van der Waals surface area contributed by atoms with E-state index >= 15 is 0 Å². The lowest BCUT2D eigenvalue weighted by Crippen LogP contribution is -2.34. The quantitative estimate of drug-likeness (QED) is 0.840. The molecule has 1 N–H and O–H groups in total. The first-order valence-corrected chi connectivity index (χ1v) is 7.57. The van der Waals surface area contributed by atoms with Gasteiger partial charge in [0, 0.05) is 12.1 Å². The van der Waals surface area contributed by atoms with E-state index in [2.05, 4.69) is 51.2 Å². The second-order valence-corrected chi connectivity index (χ2v) is 6.31. The molecule has 0 unspecified atom stereocenters. The highest BCUT2D eigenvalue weighted by molar-refractivity contribution is 5.38. The molecule has 0 aliphatic rings. The Kier molecular flexibility index (Phi) is 5.03. The van der Waals surface area contributed by atoms with Crippen LogP contribution in [0.25, 0.3) is 0 Å². The van der Waals surface area contributed by atoms with Crippen LogP contribution >= 0.6 is 0 Å². The summed E-state index contributed by atoms with van der Waals surface area (Å²) in [7, 11) is 0. The Morgan fingerprint density at radius 3 is 2.24 bits per heavy atom. The van der Waals surface area contributed by atoms with Crippen LogP contribution in [0.1, 0.15) is 38.8 Å². The van der Waals surface area contributed by atoms with E-state index in [9.17, 15) is 0 Å². The summed E-state index contributed by atoms with van der Waals surface area (Å²) in [6, 6.07) is 16.5. The molecule has 21 heavy (non-hydrogen) atoms. The first-order chi connectivity index (χ1) is 9.98. The fraction of sp³-hybridized carbons (Fsp3) is 0.368. The highest BCUT2D eigenvalue weighted by Crippen LogP contribution is 2.25. The van der Waals surface area contributed by atoms with Crippen molar-refractivity contribution in [1.82, 2.24) is 5.32 Å². The predicted molar refractivity (Wildman–Crippen MR) is 88.9 cm³/mol. The number of ether oxygens (including phenoxy) is 1. The van der Waals surface area contributed by atoms with Crippen molar-refractivity contribution in [3.8, 4) is 11.5 Å². The van der Waals surface area contributed by atoms with Gasteiger partial charge in [-0.3, -0.25) is 0 Å². The Hall–Kier alpha value is -1.80. The number of nitrogens with one attached hydrogen (secondary N) is 1. The Labute approximate surface area is 128 Å². The molecule has 0 saturated heterocycles. The van der Waals surface area contributed by atoms with Gasteiger partial charge in [-0.05, 0) is 56.5 Å². The number of benzene rings is 2. The summed E-state index contributed by atoms with van der Waals surface area (Å²) in [5, 5.41) is 3.48. The van der Waals surface area contributed by atoms with Crippen LogP contribution in [0.15, 0.2) is 48.5 Å². The molecule has 0 aromatic heterocycles. The molecule has 0 amide bonds. The normalized spacial score (nSPS) is 11.4. The van der Waals surface area contributed by atoms with Gasteiger partial charge in [0.15, 0.2) is 0 Å². The van der Waals surface area contributed by atoms with E-state index in [0.29, 0.717) is 0 Å². The van der Waals surface area contributed by atoms with Crippen LogP contribution in [-0.2, 0) is 13.0 Å². The monoisotopic (exact) mass is 283 g/mol. The molecule has 0 atom stereocenters. The Balaban J connectivity index is 2.02. The lowest BCUT2D eigenvalue weighted by atomic mass is 10.1. The van der Waals surface area contributed by atoms with Crippen LogP contribution in [0.3, 0.4) is 0 Å². The molecule has 2 aromatic rings. The largest absolute Gasteiger partial charge is 0.457 e. The molecular weight excluding hydrogens is 258 g/mol. The predicted octanol–water partition coefficient (Wildman–Crippen LogP) is 4.93. The molecule has 0 bridgehead atoms. The maximum Gasteiger partial charge on any atom is 0.130 e. The van der Waals surface area contributed by atoms with Gasteiger partial charge in [-0.2, -0.15) is 0 Å². The second kappa shape index (κ2) is 6.77. The van der Waals surface area contributed by atoms with Crippen LogP contribution in [-0.4, -0.2) is 5.54 Å². The number of hydrogen-bond donors (Lipinski definition) is 1. The van der Waals surface area contributed by atoms with Crippen molar-refractivity contribution in [2.24, 2.45) is 0 Å². The SMILES string of the molecule is CCc1ccccc1Oc1ccc(CNC(C)(C)C)cc1. The summed E-state index contributed by atoms with van der Waals surface area (Å²) in [6.45, 7) is 9.53. The van der Waals surface area contributed by atoms with Crippen LogP contribution in [0, 0.1) is 0 Å². The summed E-state index contributed by atoms with van der Waals surface area (Å²) in [4.78, 5) is 0. The standard InChI is InChI=1S/C19H25NO/c1-5-16-8-6-7-9-18(16)21-17-12-10-15(11-13-17)14-20-19(2,3)4/h6-13,20H,5,14H2,1-4H3. The van der Waals surface area contributed by atoms with Crippen molar-refractivity contribution in [2.75, 3.05) is 0 Å². The van der Waals surface area contributed by atoms with Crippen LogP contribution < -0.4 is 10.1 Å². The van der Waals surface area contributed by atoms with Crippen LogP contribution in [0.5, 0.6) is 11.5 Å². The topological polar surface area (TPSA) is 21.3 Å². The van der Waals surface area contributed by atoms with E-state index < -0.39 is 0 Å². The van der Waals surface area contributed by atoms with Crippen molar-refractivity contribution in [3.63, 3.8) is 0 Å². The fourth-order valence-corrected chi connectivity index (χ4v) is 2.07. The summed E-state index contributed by atoms with van der Waals surface area (Å²) >= 11 is 0. The maximum atomic E-state index is 5.98. The molecule has 0 saturated carbocycles. The molecule has 112 valence electrons. The minimum atomic E-state index is 0.134. The molecule has 0 heterocycles. The van der Waals surface area contributed by atoms with E-state index in [1.165, 1.54) is 11.1 Å². The zero-order valence-electron chi connectivity index (χ0n) is 13.4. The second-order valence-electron chi connectivity index (χ2n) is 6.31. The van der Waals surface area contributed by atoms with Gasteiger partial charge in [0.1, 0.15) is 11.5 Å². The third-order valence-corrected chi connectivity index (χ3v) is 3.33. The van der Waals surface area contributed by atoms with Gasteiger partial charge in [0.05, 0.1) is 0 Å². The zero-order valence-corrected chi connectivity index (χ0v) is 13.4. The molecule has 0 aliphatic heterocycles. The van der Waals surface area contributed by atoms with Gasteiger partial charge in [0.25, 0.3) is 0 Å². The van der Waals surface area contributed by atoms with Gasteiger partial charge in [-0.15, -0.1) is 0 Å². The highest BCUT2D eigenvalue weighted by atomic mass is 16.5. The summed E-state index contributed by atoms with van der Waals surface area (Å²) in [5.74, 6) is 1.83. The van der Waals surface area contributed by atoms with E-state index in [1.54, 1.807) is 0 Å². The first kappa shape index (κ1) is 15.6. The smallest absolute Gasteiger partial charge is 0.130 e. The van der Waals surface area contributed by atoms with Crippen molar-refractivity contribution in [3.05, 3.63) is 59.7 Å². The molecule has 2 rings (SSSR count). The number of aryl methyl sites for hydroxylation is 1. The minimum Gasteiger partial charge on any atom is -0.457 e. The summed E-state index contributed by atoms with van der Waals surface area (Å²) < 4.78 is 5.98. The van der Waals surface area contributed by atoms with Gasteiger partial charge in [-0.1, -0.05) is 37.3 Å². The Bertz CT molecular complexity index is 567. The van der Waals surface area contributed by atoms with Gasteiger partial charge in [-0.25, -0.2) is 0 Å². The lowest BCUT2D eigenvalue weighted by Gasteiger charge is -2.20. The van der Waals surface area contributed by atoms with Crippen molar-refractivity contribution >= 4 is 0 Å².